The van der Waals surface area contributed by atoms with Gasteiger partial charge in [0.15, 0.2) is 11.3 Å². The standard InChI is InChI=1S/C19H24N4O5S/c1-11(2)8-9-23-17(26)13-6-4-5-7-14(13)21-19(23)29-10-15(24)28-12(3)16(25)22-18(20)27/h4-7,11-12H,8-10H2,1-3H3,(H3,20,22,25,27)/t12-/m1/s1. The minimum Gasteiger partial charge on any atom is -0.452 e. The zero-order valence-corrected chi connectivity index (χ0v) is 17.3. The number of imide groups is 1. The van der Waals surface area contributed by atoms with E-state index in [-0.39, 0.29) is 11.3 Å². The summed E-state index contributed by atoms with van der Waals surface area (Å²) in [6.45, 7) is 5.92. The maximum absolute atomic E-state index is 12.9. The number of carbonyl (C=O) groups is 3. The number of benzene rings is 1. The molecular formula is C19H24N4O5S. The number of urea groups is 1. The van der Waals surface area contributed by atoms with Gasteiger partial charge in [-0.2, -0.15) is 0 Å². The average Bonchev–Trinajstić information content (AvgIpc) is 2.65. The SMILES string of the molecule is CC(C)CCn1c(SCC(=O)O[C@H](C)C(=O)NC(N)=O)nc2ccccc2c1=O. The number of para-hydroxylation sites is 1. The maximum atomic E-state index is 12.9. The molecule has 0 aliphatic carbocycles. The number of esters is 1. The van der Waals surface area contributed by atoms with Gasteiger partial charge in [-0.3, -0.25) is 24.3 Å². The molecule has 3 amide bonds. The Morgan fingerprint density at radius 1 is 1.24 bits per heavy atom. The zero-order chi connectivity index (χ0) is 21.6. The third-order valence-corrected chi connectivity index (χ3v) is 4.95. The molecule has 0 unspecified atom stereocenters. The molecule has 0 bridgehead atoms. The van der Waals surface area contributed by atoms with Crippen LogP contribution in [-0.4, -0.2) is 39.3 Å². The lowest BCUT2D eigenvalue weighted by Crippen LogP contribution is -2.42. The van der Waals surface area contributed by atoms with E-state index in [1.807, 2.05) is 5.32 Å². The van der Waals surface area contributed by atoms with E-state index in [0.29, 0.717) is 28.5 Å². The lowest BCUT2D eigenvalue weighted by atomic mass is 10.1. The fourth-order valence-corrected chi connectivity index (χ4v) is 3.28. The van der Waals surface area contributed by atoms with Crippen LogP contribution in [0.25, 0.3) is 10.9 Å². The number of fused-ring (bicyclic) bond motifs is 1. The van der Waals surface area contributed by atoms with Crippen LogP contribution in [0, 0.1) is 5.92 Å². The van der Waals surface area contributed by atoms with Gasteiger partial charge in [0, 0.05) is 6.54 Å². The Balaban J connectivity index is 2.16. The molecule has 9 nitrogen and oxygen atoms in total. The highest BCUT2D eigenvalue weighted by atomic mass is 32.2. The second-order valence-electron chi connectivity index (χ2n) is 6.83. The fraction of sp³-hybridized carbons (Fsp3) is 0.421. The normalized spacial score (nSPS) is 12.0. The van der Waals surface area contributed by atoms with Crippen molar-refractivity contribution in [3.63, 3.8) is 0 Å². The van der Waals surface area contributed by atoms with E-state index in [4.69, 9.17) is 10.5 Å². The van der Waals surface area contributed by atoms with Crippen molar-refractivity contribution in [1.82, 2.24) is 14.9 Å². The summed E-state index contributed by atoms with van der Waals surface area (Å²) in [7, 11) is 0. The van der Waals surface area contributed by atoms with Crippen molar-refractivity contribution in [3.05, 3.63) is 34.6 Å². The third-order valence-electron chi connectivity index (χ3n) is 4.00. The van der Waals surface area contributed by atoms with Gasteiger partial charge in [0.2, 0.25) is 0 Å². The van der Waals surface area contributed by atoms with Crippen LogP contribution in [0.2, 0.25) is 0 Å². The topological polar surface area (TPSA) is 133 Å². The number of nitrogens with one attached hydrogen (secondary N) is 1. The van der Waals surface area contributed by atoms with E-state index in [2.05, 4.69) is 18.8 Å². The molecule has 0 aliphatic heterocycles. The second kappa shape index (κ2) is 10.1. The molecule has 0 fully saturated rings. The van der Waals surface area contributed by atoms with Gasteiger partial charge < -0.3 is 10.5 Å². The molecule has 2 aromatic rings. The second-order valence-corrected chi connectivity index (χ2v) is 7.77. The van der Waals surface area contributed by atoms with E-state index in [1.54, 1.807) is 28.8 Å². The van der Waals surface area contributed by atoms with E-state index >= 15 is 0 Å². The van der Waals surface area contributed by atoms with Crippen LogP contribution in [-0.2, 0) is 20.9 Å². The van der Waals surface area contributed by atoms with Crippen molar-refractivity contribution in [3.8, 4) is 0 Å². The fourth-order valence-electron chi connectivity index (χ4n) is 2.47. The number of amides is 3. The number of thioether (sulfide) groups is 1. The number of hydrogen-bond acceptors (Lipinski definition) is 7. The molecule has 0 saturated carbocycles. The molecule has 0 radical (unpaired) electrons. The van der Waals surface area contributed by atoms with Crippen molar-refractivity contribution in [1.29, 1.82) is 0 Å². The highest BCUT2D eigenvalue weighted by molar-refractivity contribution is 7.99. The van der Waals surface area contributed by atoms with E-state index in [9.17, 15) is 19.2 Å². The quantitative estimate of drug-likeness (QED) is 0.377. The van der Waals surface area contributed by atoms with Crippen LogP contribution in [0.15, 0.2) is 34.2 Å². The largest absolute Gasteiger partial charge is 0.452 e. The van der Waals surface area contributed by atoms with Crippen molar-refractivity contribution < 1.29 is 19.1 Å². The van der Waals surface area contributed by atoms with Crippen LogP contribution < -0.4 is 16.6 Å². The predicted molar refractivity (Wildman–Crippen MR) is 109 cm³/mol. The lowest BCUT2D eigenvalue weighted by Gasteiger charge is -2.15. The molecule has 2 rings (SSSR count). The molecule has 1 atom stereocenters. The summed E-state index contributed by atoms with van der Waals surface area (Å²) >= 11 is 1.06. The highest BCUT2D eigenvalue weighted by Crippen LogP contribution is 2.19. The zero-order valence-electron chi connectivity index (χ0n) is 16.5. The van der Waals surface area contributed by atoms with Gasteiger partial charge in [-0.1, -0.05) is 37.7 Å². The minimum absolute atomic E-state index is 0.152. The van der Waals surface area contributed by atoms with Gasteiger partial charge in [-0.15, -0.1) is 0 Å². The Hall–Kier alpha value is -2.88. The van der Waals surface area contributed by atoms with Crippen LogP contribution in [0.1, 0.15) is 27.2 Å². The van der Waals surface area contributed by atoms with Crippen LogP contribution in [0.5, 0.6) is 0 Å². The molecule has 29 heavy (non-hydrogen) atoms. The summed E-state index contributed by atoms with van der Waals surface area (Å²) < 4.78 is 6.55. The maximum Gasteiger partial charge on any atom is 0.318 e. The van der Waals surface area contributed by atoms with Gasteiger partial charge in [0.05, 0.1) is 16.7 Å². The molecular weight excluding hydrogens is 396 g/mol. The van der Waals surface area contributed by atoms with Gasteiger partial charge in [0.1, 0.15) is 0 Å². The van der Waals surface area contributed by atoms with Crippen molar-refractivity contribution in [2.24, 2.45) is 11.7 Å². The smallest absolute Gasteiger partial charge is 0.318 e. The number of aromatic nitrogens is 2. The molecule has 3 N–H and O–H groups in total. The number of ether oxygens (including phenoxy) is 1. The van der Waals surface area contributed by atoms with Crippen molar-refractivity contribution in [2.75, 3.05) is 5.75 Å². The van der Waals surface area contributed by atoms with E-state index < -0.39 is 24.0 Å². The molecule has 1 heterocycles. The van der Waals surface area contributed by atoms with Crippen LogP contribution in [0.4, 0.5) is 4.79 Å². The first-order valence-electron chi connectivity index (χ1n) is 9.11. The number of rotatable bonds is 8. The molecule has 0 spiro atoms. The minimum atomic E-state index is -1.18. The van der Waals surface area contributed by atoms with Gasteiger partial charge in [-0.05, 0) is 31.4 Å². The number of nitrogens with two attached hydrogens (primary N) is 1. The Bertz CT molecular complexity index is 973. The molecule has 156 valence electrons. The summed E-state index contributed by atoms with van der Waals surface area (Å²) in [6, 6.07) is 6.00. The van der Waals surface area contributed by atoms with Crippen molar-refractivity contribution in [2.45, 2.75) is 45.0 Å². The summed E-state index contributed by atoms with van der Waals surface area (Å²) in [4.78, 5) is 51.8. The Morgan fingerprint density at radius 2 is 1.93 bits per heavy atom. The molecule has 0 aliphatic rings. The first kappa shape index (κ1) is 22.4. The summed E-state index contributed by atoms with van der Waals surface area (Å²) in [5, 5.41) is 2.76. The predicted octanol–water partition coefficient (Wildman–Crippen LogP) is 1.66. The lowest BCUT2D eigenvalue weighted by molar-refractivity contribution is -0.151. The summed E-state index contributed by atoms with van der Waals surface area (Å²) in [6.07, 6.45) is -0.397. The number of carbonyl (C=O) groups excluding carboxylic acids is 3. The monoisotopic (exact) mass is 420 g/mol. The Labute approximate surface area is 172 Å². The molecule has 1 aromatic heterocycles. The van der Waals surface area contributed by atoms with Gasteiger partial charge >= 0.3 is 12.0 Å². The first-order valence-corrected chi connectivity index (χ1v) is 10.1. The number of primary amides is 1. The first-order chi connectivity index (χ1) is 13.7. The number of hydrogen-bond donors (Lipinski definition) is 2. The van der Waals surface area contributed by atoms with Crippen molar-refractivity contribution >= 4 is 40.6 Å². The third kappa shape index (κ3) is 6.31. The summed E-state index contributed by atoms with van der Waals surface area (Å²) in [5.41, 5.74) is 5.25. The van der Waals surface area contributed by atoms with Crippen LogP contribution in [0.3, 0.4) is 0 Å². The van der Waals surface area contributed by atoms with E-state index in [1.165, 1.54) is 6.92 Å². The molecule has 1 aromatic carbocycles. The highest BCUT2D eigenvalue weighted by Gasteiger charge is 2.20. The van der Waals surface area contributed by atoms with Gasteiger partial charge in [0.25, 0.3) is 11.5 Å². The number of nitrogens with zero attached hydrogens (tertiary/aromatic N) is 2. The summed E-state index contributed by atoms with van der Waals surface area (Å²) in [5.74, 6) is -1.25. The van der Waals surface area contributed by atoms with E-state index in [0.717, 1.165) is 18.2 Å². The van der Waals surface area contributed by atoms with Crippen LogP contribution >= 0.6 is 11.8 Å². The molecule has 0 saturated heterocycles. The Kier molecular flexibility index (Phi) is 7.77. The average molecular weight is 420 g/mol. The molecule has 10 heteroatoms. The Morgan fingerprint density at radius 3 is 2.59 bits per heavy atom. The van der Waals surface area contributed by atoms with Gasteiger partial charge in [-0.25, -0.2) is 9.78 Å².